The lowest BCUT2D eigenvalue weighted by Crippen LogP contribution is -2.41. The monoisotopic (exact) mass is 262 g/mol. The summed E-state index contributed by atoms with van der Waals surface area (Å²) in [6.07, 6.45) is 0.174. The second kappa shape index (κ2) is 4.48. The largest absolute Gasteiger partial charge is 0.314 e. The Morgan fingerprint density at radius 3 is 2.37 bits per heavy atom. The molecule has 1 aromatic heterocycles. The normalized spacial score (nSPS) is 13.8. The number of fused-ring (bicyclic) bond motifs is 1. The van der Waals surface area contributed by atoms with Crippen molar-refractivity contribution in [2.24, 2.45) is 4.99 Å². The number of aromatic amines is 2. The van der Waals surface area contributed by atoms with E-state index in [1.165, 1.54) is 0 Å². The van der Waals surface area contributed by atoms with E-state index in [1.54, 1.807) is 6.92 Å². The van der Waals surface area contributed by atoms with Crippen LogP contribution in [0, 0.1) is 0 Å². The Labute approximate surface area is 106 Å². The third kappa shape index (κ3) is 2.15. The van der Waals surface area contributed by atoms with E-state index >= 15 is 0 Å². The molecule has 0 atom stereocenters. The van der Waals surface area contributed by atoms with Crippen LogP contribution in [-0.4, -0.2) is 27.5 Å². The molecule has 1 amide bonds. The lowest BCUT2D eigenvalue weighted by Gasteiger charge is -2.15. The van der Waals surface area contributed by atoms with Crippen molar-refractivity contribution in [1.29, 1.82) is 0 Å². The van der Waals surface area contributed by atoms with Gasteiger partial charge in [-0.15, -0.1) is 0 Å². The molecule has 2 rings (SSSR count). The molecular weight excluding hydrogens is 252 g/mol. The molecule has 19 heavy (non-hydrogen) atoms. The predicted molar refractivity (Wildman–Crippen MR) is 66.9 cm³/mol. The number of carbonyl (C=O) groups is 2. The standard InChI is InChI=1S/C11H10N4O4/c1-3-5(16)13-9-8(17)7-6(4(2)12-9)14-10(18)11(19)15-7/h2-3H2,1H3,(H,14,18)(H,15,19)(H,12,13,16). The van der Waals surface area contributed by atoms with E-state index in [9.17, 15) is 19.2 Å². The van der Waals surface area contributed by atoms with Gasteiger partial charge in [0.25, 0.3) is 0 Å². The van der Waals surface area contributed by atoms with Crippen molar-refractivity contribution in [3.05, 3.63) is 38.7 Å². The minimum Gasteiger partial charge on any atom is -0.314 e. The zero-order valence-electron chi connectivity index (χ0n) is 9.99. The Hall–Kier alpha value is -2.77. The fourth-order valence-electron chi connectivity index (χ4n) is 1.52. The summed E-state index contributed by atoms with van der Waals surface area (Å²) in [4.78, 5) is 53.9. The number of carbonyl (C=O) groups excluding carboxylic acids is 2. The molecule has 2 heterocycles. The number of rotatable bonds is 1. The van der Waals surface area contributed by atoms with Crippen molar-refractivity contribution in [3.8, 4) is 0 Å². The summed E-state index contributed by atoms with van der Waals surface area (Å²) in [6.45, 7) is 5.18. The van der Waals surface area contributed by atoms with Crippen LogP contribution in [0.5, 0.6) is 0 Å². The Balaban J connectivity index is 2.53. The molecule has 0 unspecified atom stereocenters. The molecular formula is C11H10N4O4. The second-order valence-corrected chi connectivity index (χ2v) is 3.80. The van der Waals surface area contributed by atoms with Crippen LogP contribution in [0.1, 0.15) is 29.5 Å². The highest BCUT2D eigenvalue weighted by molar-refractivity contribution is 6.48. The van der Waals surface area contributed by atoms with Gasteiger partial charge in [0.15, 0.2) is 5.84 Å². The van der Waals surface area contributed by atoms with E-state index in [-0.39, 0.29) is 29.3 Å². The Bertz CT molecular complexity index is 738. The van der Waals surface area contributed by atoms with Crippen molar-refractivity contribution in [3.63, 3.8) is 0 Å². The molecule has 1 aliphatic rings. The van der Waals surface area contributed by atoms with Gasteiger partial charge in [-0.1, -0.05) is 13.5 Å². The van der Waals surface area contributed by atoms with Crippen LogP contribution >= 0.6 is 0 Å². The average molecular weight is 262 g/mol. The number of ketones is 1. The Morgan fingerprint density at radius 1 is 1.21 bits per heavy atom. The van der Waals surface area contributed by atoms with Crippen LogP contribution in [0.2, 0.25) is 0 Å². The number of amidine groups is 1. The number of H-pyrrole nitrogens is 2. The Kier molecular flexibility index (Phi) is 2.99. The van der Waals surface area contributed by atoms with Crippen LogP contribution in [0.25, 0.3) is 5.70 Å². The van der Waals surface area contributed by atoms with Crippen LogP contribution < -0.4 is 16.4 Å². The quantitative estimate of drug-likeness (QED) is 0.570. The molecule has 0 saturated heterocycles. The number of nitrogens with zero attached hydrogens (tertiary/aromatic N) is 1. The molecule has 0 aromatic carbocycles. The van der Waals surface area contributed by atoms with Gasteiger partial charge in [-0.05, 0) is 0 Å². The number of aromatic nitrogens is 2. The maximum absolute atomic E-state index is 12.0. The highest BCUT2D eigenvalue weighted by Crippen LogP contribution is 2.18. The lowest BCUT2D eigenvalue weighted by atomic mass is 10.1. The number of hydrogen-bond acceptors (Lipinski definition) is 5. The predicted octanol–water partition coefficient (Wildman–Crippen LogP) is -0.845. The number of aliphatic imine (C=N–C) groups is 1. The molecule has 0 bridgehead atoms. The lowest BCUT2D eigenvalue weighted by molar-refractivity contribution is -0.119. The number of Topliss-reactive ketones (excluding diaryl/α,β-unsaturated/α-hetero) is 1. The van der Waals surface area contributed by atoms with E-state index < -0.39 is 22.8 Å². The minimum absolute atomic E-state index is 0.0455. The summed E-state index contributed by atoms with van der Waals surface area (Å²) in [5.41, 5.74) is -1.87. The SMILES string of the molecule is C=C1N=C(NC(=O)CC)C(=O)c2[nH]c(=O)c(=O)[nH]c21. The van der Waals surface area contributed by atoms with Crippen LogP contribution in [0.4, 0.5) is 0 Å². The molecule has 0 fully saturated rings. The maximum Gasteiger partial charge on any atom is 0.314 e. The molecule has 0 saturated carbocycles. The third-order valence-corrected chi connectivity index (χ3v) is 2.49. The van der Waals surface area contributed by atoms with Crippen molar-refractivity contribution in [2.75, 3.05) is 0 Å². The first kappa shape index (κ1) is 12.7. The third-order valence-electron chi connectivity index (χ3n) is 2.49. The van der Waals surface area contributed by atoms with Gasteiger partial charge in [-0.2, -0.15) is 0 Å². The number of hydrogen-bond donors (Lipinski definition) is 3. The van der Waals surface area contributed by atoms with Gasteiger partial charge < -0.3 is 15.3 Å². The number of amides is 1. The Morgan fingerprint density at radius 2 is 1.79 bits per heavy atom. The zero-order chi connectivity index (χ0) is 14.2. The average Bonchev–Trinajstić information content (AvgIpc) is 2.37. The van der Waals surface area contributed by atoms with Gasteiger partial charge in [0.2, 0.25) is 11.7 Å². The van der Waals surface area contributed by atoms with Gasteiger partial charge in [0.05, 0.1) is 11.4 Å². The van der Waals surface area contributed by atoms with Gasteiger partial charge in [0, 0.05) is 6.42 Å². The first-order valence-corrected chi connectivity index (χ1v) is 5.43. The summed E-state index contributed by atoms with van der Waals surface area (Å²) in [6, 6.07) is 0. The van der Waals surface area contributed by atoms with E-state index in [2.05, 4.69) is 26.9 Å². The molecule has 0 radical (unpaired) electrons. The summed E-state index contributed by atoms with van der Waals surface area (Å²) in [5, 5.41) is 2.31. The van der Waals surface area contributed by atoms with Gasteiger partial charge >= 0.3 is 11.1 Å². The van der Waals surface area contributed by atoms with Crippen molar-refractivity contribution in [2.45, 2.75) is 13.3 Å². The summed E-state index contributed by atoms with van der Waals surface area (Å²) < 4.78 is 0. The fourth-order valence-corrected chi connectivity index (χ4v) is 1.52. The fraction of sp³-hybridized carbons (Fsp3) is 0.182. The second-order valence-electron chi connectivity index (χ2n) is 3.80. The number of nitrogens with one attached hydrogen (secondary N) is 3. The van der Waals surface area contributed by atoms with E-state index in [0.717, 1.165) is 0 Å². The van der Waals surface area contributed by atoms with Gasteiger partial charge in [-0.3, -0.25) is 19.2 Å². The van der Waals surface area contributed by atoms with Crippen LogP contribution in [-0.2, 0) is 4.79 Å². The highest BCUT2D eigenvalue weighted by atomic mass is 16.2. The molecule has 1 aliphatic heterocycles. The van der Waals surface area contributed by atoms with Gasteiger partial charge in [0.1, 0.15) is 5.69 Å². The van der Waals surface area contributed by atoms with Crippen molar-refractivity contribution >= 4 is 23.2 Å². The van der Waals surface area contributed by atoms with E-state index in [4.69, 9.17) is 0 Å². The smallest absolute Gasteiger partial charge is 0.314 e. The van der Waals surface area contributed by atoms with Crippen molar-refractivity contribution < 1.29 is 9.59 Å². The van der Waals surface area contributed by atoms with Gasteiger partial charge in [-0.25, -0.2) is 4.99 Å². The van der Waals surface area contributed by atoms with E-state index in [1.807, 2.05) is 0 Å². The van der Waals surface area contributed by atoms with Crippen molar-refractivity contribution in [1.82, 2.24) is 15.3 Å². The molecule has 0 spiro atoms. The van der Waals surface area contributed by atoms with E-state index in [0.29, 0.717) is 0 Å². The molecule has 98 valence electrons. The first-order chi connectivity index (χ1) is 8.93. The summed E-state index contributed by atoms with van der Waals surface area (Å²) in [5.74, 6) is -1.31. The summed E-state index contributed by atoms with van der Waals surface area (Å²) in [7, 11) is 0. The first-order valence-electron chi connectivity index (χ1n) is 5.43. The highest BCUT2D eigenvalue weighted by Gasteiger charge is 2.27. The maximum atomic E-state index is 12.0. The summed E-state index contributed by atoms with van der Waals surface area (Å²) >= 11 is 0. The molecule has 8 nitrogen and oxygen atoms in total. The topological polar surface area (TPSA) is 124 Å². The molecule has 1 aromatic rings. The van der Waals surface area contributed by atoms with Crippen LogP contribution in [0.15, 0.2) is 21.2 Å². The molecule has 8 heteroatoms. The molecule has 3 N–H and O–H groups in total. The zero-order valence-corrected chi connectivity index (χ0v) is 9.99. The molecule has 0 aliphatic carbocycles. The minimum atomic E-state index is -0.956. The van der Waals surface area contributed by atoms with Crippen LogP contribution in [0.3, 0.4) is 0 Å².